The molecule has 1 aromatic heterocycles. The highest BCUT2D eigenvalue weighted by atomic mass is 35.5. The van der Waals surface area contributed by atoms with E-state index in [0.717, 1.165) is 27.8 Å². The van der Waals surface area contributed by atoms with Gasteiger partial charge in [-0.2, -0.15) is 4.98 Å². The van der Waals surface area contributed by atoms with Crippen molar-refractivity contribution in [2.45, 2.75) is 6.54 Å². The first-order chi connectivity index (χ1) is 12.3. The average molecular weight is 355 g/mol. The lowest BCUT2D eigenvalue weighted by Gasteiger charge is -2.09. The van der Waals surface area contributed by atoms with Crippen LogP contribution in [0.5, 0.6) is 11.5 Å². The first-order valence-electron chi connectivity index (χ1n) is 7.74. The van der Waals surface area contributed by atoms with Crippen molar-refractivity contribution in [3.05, 3.63) is 65.3 Å². The predicted octanol–water partition coefficient (Wildman–Crippen LogP) is 4.21. The maximum Gasteiger partial charge on any atom is 0.231 e. The molecule has 4 rings (SSSR count). The molecule has 0 atom stereocenters. The zero-order valence-electron chi connectivity index (χ0n) is 13.2. The van der Waals surface area contributed by atoms with Gasteiger partial charge in [0.25, 0.3) is 0 Å². The van der Waals surface area contributed by atoms with Gasteiger partial charge in [0.15, 0.2) is 11.5 Å². The van der Waals surface area contributed by atoms with E-state index in [2.05, 4.69) is 20.6 Å². The van der Waals surface area contributed by atoms with E-state index in [1.807, 2.05) is 42.5 Å². The first kappa shape index (κ1) is 15.5. The largest absolute Gasteiger partial charge is 0.454 e. The monoisotopic (exact) mass is 354 g/mol. The standard InChI is InChI=1S/C18H15ClN4O2/c19-13-3-1-12(2-4-13)10-21-18-20-8-7-17(23-18)22-14-5-6-15-16(9-14)25-11-24-15/h1-9H,10-11H2,(H2,20,21,22,23). The molecule has 3 aromatic rings. The maximum absolute atomic E-state index is 5.89. The number of halogens is 1. The molecule has 126 valence electrons. The van der Waals surface area contributed by atoms with E-state index in [0.29, 0.717) is 18.3 Å². The van der Waals surface area contributed by atoms with Gasteiger partial charge in [-0.05, 0) is 35.9 Å². The number of nitrogens with one attached hydrogen (secondary N) is 2. The fourth-order valence-electron chi connectivity index (χ4n) is 2.42. The van der Waals surface area contributed by atoms with Crippen molar-refractivity contribution in [3.63, 3.8) is 0 Å². The van der Waals surface area contributed by atoms with Gasteiger partial charge >= 0.3 is 0 Å². The van der Waals surface area contributed by atoms with Gasteiger partial charge in [0.05, 0.1) is 0 Å². The summed E-state index contributed by atoms with van der Waals surface area (Å²) in [6.07, 6.45) is 1.70. The minimum absolute atomic E-state index is 0.255. The van der Waals surface area contributed by atoms with Crippen LogP contribution in [0, 0.1) is 0 Å². The Morgan fingerprint density at radius 2 is 1.84 bits per heavy atom. The van der Waals surface area contributed by atoms with Crippen LogP contribution in [0.25, 0.3) is 0 Å². The van der Waals surface area contributed by atoms with Gasteiger partial charge < -0.3 is 20.1 Å². The maximum atomic E-state index is 5.89. The van der Waals surface area contributed by atoms with E-state index >= 15 is 0 Å². The van der Waals surface area contributed by atoms with Crippen LogP contribution in [-0.4, -0.2) is 16.8 Å². The molecule has 2 heterocycles. The molecule has 0 amide bonds. The smallest absolute Gasteiger partial charge is 0.231 e. The topological polar surface area (TPSA) is 68.3 Å². The summed E-state index contributed by atoms with van der Waals surface area (Å²) in [6, 6.07) is 15.1. The van der Waals surface area contributed by atoms with Crippen LogP contribution >= 0.6 is 11.6 Å². The molecule has 0 fully saturated rings. The third kappa shape index (κ3) is 3.75. The van der Waals surface area contributed by atoms with Crippen molar-refractivity contribution in [2.75, 3.05) is 17.4 Å². The van der Waals surface area contributed by atoms with E-state index < -0.39 is 0 Å². The van der Waals surface area contributed by atoms with Crippen molar-refractivity contribution < 1.29 is 9.47 Å². The summed E-state index contributed by atoms with van der Waals surface area (Å²) in [4.78, 5) is 8.70. The lowest BCUT2D eigenvalue weighted by molar-refractivity contribution is 0.174. The lowest BCUT2D eigenvalue weighted by Crippen LogP contribution is -2.04. The van der Waals surface area contributed by atoms with E-state index in [1.165, 1.54) is 0 Å². The number of anilines is 3. The quantitative estimate of drug-likeness (QED) is 0.715. The zero-order chi connectivity index (χ0) is 17.1. The molecule has 1 aliphatic heterocycles. The van der Waals surface area contributed by atoms with Crippen LogP contribution in [0.15, 0.2) is 54.7 Å². The molecule has 0 radical (unpaired) electrons. The third-order valence-electron chi connectivity index (χ3n) is 3.66. The molecule has 0 unspecified atom stereocenters. The lowest BCUT2D eigenvalue weighted by atomic mass is 10.2. The fourth-order valence-corrected chi connectivity index (χ4v) is 2.55. The van der Waals surface area contributed by atoms with Gasteiger partial charge in [-0.1, -0.05) is 23.7 Å². The fraction of sp³-hybridized carbons (Fsp3) is 0.111. The molecule has 0 saturated carbocycles. The zero-order valence-corrected chi connectivity index (χ0v) is 14.0. The summed E-state index contributed by atoms with van der Waals surface area (Å²) < 4.78 is 10.7. The summed E-state index contributed by atoms with van der Waals surface area (Å²) >= 11 is 5.89. The molecule has 0 spiro atoms. The molecule has 0 bridgehead atoms. The Morgan fingerprint density at radius 1 is 1.00 bits per heavy atom. The molecule has 25 heavy (non-hydrogen) atoms. The number of benzene rings is 2. The van der Waals surface area contributed by atoms with Crippen molar-refractivity contribution >= 4 is 29.1 Å². The number of rotatable bonds is 5. The Balaban J connectivity index is 1.43. The third-order valence-corrected chi connectivity index (χ3v) is 3.92. The summed E-state index contributed by atoms with van der Waals surface area (Å²) in [7, 11) is 0. The number of hydrogen-bond donors (Lipinski definition) is 2. The number of fused-ring (bicyclic) bond motifs is 1. The predicted molar refractivity (Wildman–Crippen MR) is 96.7 cm³/mol. The highest BCUT2D eigenvalue weighted by Crippen LogP contribution is 2.34. The van der Waals surface area contributed by atoms with E-state index in [1.54, 1.807) is 12.3 Å². The van der Waals surface area contributed by atoms with Crippen LogP contribution < -0.4 is 20.1 Å². The van der Waals surface area contributed by atoms with E-state index in [9.17, 15) is 0 Å². The summed E-state index contributed by atoms with van der Waals surface area (Å²) in [6.45, 7) is 0.871. The SMILES string of the molecule is Clc1ccc(CNc2nccc(Nc3ccc4c(c3)OCO4)n2)cc1. The summed E-state index contributed by atoms with van der Waals surface area (Å²) in [5.74, 6) is 2.70. The van der Waals surface area contributed by atoms with Crippen molar-refractivity contribution in [1.82, 2.24) is 9.97 Å². The molecule has 0 saturated heterocycles. The Labute approximate surface area is 149 Å². The molecule has 0 aliphatic carbocycles. The Bertz CT molecular complexity index is 886. The second-order valence-electron chi connectivity index (χ2n) is 5.44. The average Bonchev–Trinajstić information content (AvgIpc) is 3.09. The highest BCUT2D eigenvalue weighted by molar-refractivity contribution is 6.30. The van der Waals surface area contributed by atoms with Crippen LogP contribution in [-0.2, 0) is 6.54 Å². The Kier molecular flexibility index (Phi) is 4.26. The first-order valence-corrected chi connectivity index (χ1v) is 8.12. The highest BCUT2D eigenvalue weighted by Gasteiger charge is 2.13. The number of aromatic nitrogens is 2. The molecule has 1 aliphatic rings. The number of nitrogens with zero attached hydrogens (tertiary/aromatic N) is 2. The van der Waals surface area contributed by atoms with Gasteiger partial charge in [-0.3, -0.25) is 0 Å². The van der Waals surface area contributed by atoms with Gasteiger partial charge in [-0.25, -0.2) is 4.98 Å². The molecule has 2 aromatic carbocycles. The molecular formula is C18H15ClN4O2. The molecule has 6 nitrogen and oxygen atoms in total. The molecular weight excluding hydrogens is 340 g/mol. The normalized spacial score (nSPS) is 12.0. The van der Waals surface area contributed by atoms with Crippen molar-refractivity contribution in [3.8, 4) is 11.5 Å². The second kappa shape index (κ2) is 6.86. The Morgan fingerprint density at radius 3 is 2.72 bits per heavy atom. The summed E-state index contributed by atoms with van der Waals surface area (Å²) in [5.41, 5.74) is 1.97. The minimum atomic E-state index is 0.255. The van der Waals surface area contributed by atoms with Gasteiger partial charge in [0, 0.05) is 29.5 Å². The van der Waals surface area contributed by atoms with Crippen molar-refractivity contribution in [2.24, 2.45) is 0 Å². The van der Waals surface area contributed by atoms with Crippen LogP contribution in [0.4, 0.5) is 17.5 Å². The second-order valence-corrected chi connectivity index (χ2v) is 5.87. The van der Waals surface area contributed by atoms with Crippen molar-refractivity contribution in [1.29, 1.82) is 0 Å². The van der Waals surface area contributed by atoms with Crippen LogP contribution in [0.2, 0.25) is 5.02 Å². The summed E-state index contributed by atoms with van der Waals surface area (Å²) in [5, 5.41) is 7.15. The van der Waals surface area contributed by atoms with Gasteiger partial charge in [0.1, 0.15) is 5.82 Å². The van der Waals surface area contributed by atoms with E-state index in [-0.39, 0.29) is 6.79 Å². The minimum Gasteiger partial charge on any atom is -0.454 e. The number of ether oxygens (including phenoxy) is 2. The van der Waals surface area contributed by atoms with Gasteiger partial charge in [0.2, 0.25) is 12.7 Å². The van der Waals surface area contributed by atoms with Crippen LogP contribution in [0.3, 0.4) is 0 Å². The Hall–Kier alpha value is -2.99. The molecule has 7 heteroatoms. The molecule has 2 N–H and O–H groups in total. The van der Waals surface area contributed by atoms with Crippen LogP contribution in [0.1, 0.15) is 5.56 Å². The van der Waals surface area contributed by atoms with Gasteiger partial charge in [-0.15, -0.1) is 0 Å². The van der Waals surface area contributed by atoms with E-state index in [4.69, 9.17) is 21.1 Å². The number of hydrogen-bond acceptors (Lipinski definition) is 6.